The van der Waals surface area contributed by atoms with Crippen molar-refractivity contribution in [1.29, 1.82) is 0 Å². The average molecular weight is 420 g/mol. The summed E-state index contributed by atoms with van der Waals surface area (Å²) in [6.07, 6.45) is 2.09. The van der Waals surface area contributed by atoms with E-state index in [4.69, 9.17) is 23.2 Å². The smallest absolute Gasteiger partial charge is 0.253 e. The lowest BCUT2D eigenvalue weighted by molar-refractivity contribution is -0.114. The predicted octanol–water partition coefficient (Wildman–Crippen LogP) is 4.92. The third-order valence-electron chi connectivity index (χ3n) is 4.86. The molecular formula is C21H23Cl2N3O2. The number of piperidine rings is 1. The van der Waals surface area contributed by atoms with Crippen LogP contribution in [0.4, 0.5) is 11.4 Å². The van der Waals surface area contributed by atoms with Gasteiger partial charge in [-0.05, 0) is 61.2 Å². The molecule has 1 fully saturated rings. The molecule has 1 aliphatic rings. The van der Waals surface area contributed by atoms with Gasteiger partial charge in [0.05, 0.1) is 16.6 Å². The molecule has 28 heavy (non-hydrogen) atoms. The Balaban J connectivity index is 1.51. The number of rotatable bonds is 5. The summed E-state index contributed by atoms with van der Waals surface area (Å²) in [5.74, 6) is 0.528. The standard InChI is InChI=1S/C21H23Cl2N3O2/c1-14-8-10-26(11-9-14)21(28)15-2-4-16(5-3-15)25-20(27)13-24-17-6-7-18(22)19(23)12-17/h2-7,12,14,24H,8-11,13H2,1H3,(H,25,27). The first-order valence-electron chi connectivity index (χ1n) is 9.30. The molecule has 0 bridgehead atoms. The second-order valence-corrected chi connectivity index (χ2v) is 7.90. The molecule has 2 aromatic carbocycles. The van der Waals surface area contributed by atoms with E-state index < -0.39 is 0 Å². The lowest BCUT2D eigenvalue weighted by atomic mass is 9.98. The number of amides is 2. The van der Waals surface area contributed by atoms with Gasteiger partial charge in [0, 0.05) is 30.0 Å². The Morgan fingerprint density at radius 3 is 2.29 bits per heavy atom. The third kappa shape index (κ3) is 5.40. The molecule has 0 unspecified atom stereocenters. The van der Waals surface area contributed by atoms with E-state index in [9.17, 15) is 9.59 Å². The van der Waals surface area contributed by atoms with E-state index in [0.29, 0.717) is 32.9 Å². The number of carbonyl (C=O) groups is 2. The zero-order valence-electron chi connectivity index (χ0n) is 15.7. The van der Waals surface area contributed by atoms with Gasteiger partial charge in [0.15, 0.2) is 0 Å². The first-order chi connectivity index (χ1) is 13.4. The van der Waals surface area contributed by atoms with Crippen molar-refractivity contribution in [3.8, 4) is 0 Å². The van der Waals surface area contributed by atoms with Crippen LogP contribution in [0.2, 0.25) is 10.0 Å². The lowest BCUT2D eigenvalue weighted by Gasteiger charge is -2.30. The molecule has 0 saturated carbocycles. The van der Waals surface area contributed by atoms with Gasteiger partial charge >= 0.3 is 0 Å². The first kappa shape index (κ1) is 20.5. The monoisotopic (exact) mass is 419 g/mol. The Hall–Kier alpha value is -2.24. The van der Waals surface area contributed by atoms with Crippen molar-refractivity contribution in [3.63, 3.8) is 0 Å². The van der Waals surface area contributed by atoms with Crippen molar-refractivity contribution in [2.75, 3.05) is 30.3 Å². The van der Waals surface area contributed by atoms with Gasteiger partial charge in [-0.1, -0.05) is 30.1 Å². The Kier molecular flexibility index (Phi) is 6.81. The molecule has 1 heterocycles. The minimum Gasteiger partial charge on any atom is -0.376 e. The molecule has 0 atom stereocenters. The molecule has 1 saturated heterocycles. The third-order valence-corrected chi connectivity index (χ3v) is 5.60. The van der Waals surface area contributed by atoms with Gasteiger partial charge in [-0.25, -0.2) is 0 Å². The predicted molar refractivity (Wildman–Crippen MR) is 114 cm³/mol. The van der Waals surface area contributed by atoms with Crippen LogP contribution in [-0.2, 0) is 4.79 Å². The molecule has 2 amide bonds. The number of anilines is 2. The second kappa shape index (κ2) is 9.30. The summed E-state index contributed by atoms with van der Waals surface area (Å²) >= 11 is 11.8. The highest BCUT2D eigenvalue weighted by Crippen LogP contribution is 2.25. The van der Waals surface area contributed by atoms with E-state index in [-0.39, 0.29) is 18.4 Å². The molecular weight excluding hydrogens is 397 g/mol. The summed E-state index contributed by atoms with van der Waals surface area (Å²) in [4.78, 5) is 26.6. The molecule has 0 aliphatic carbocycles. The van der Waals surface area contributed by atoms with Crippen LogP contribution in [0.5, 0.6) is 0 Å². The Morgan fingerprint density at radius 1 is 1.00 bits per heavy atom. The molecule has 7 heteroatoms. The summed E-state index contributed by atoms with van der Waals surface area (Å²) in [5, 5.41) is 6.69. The summed E-state index contributed by atoms with van der Waals surface area (Å²) in [6, 6.07) is 12.1. The molecule has 1 aliphatic heterocycles. The zero-order chi connectivity index (χ0) is 20.1. The summed E-state index contributed by atoms with van der Waals surface area (Å²) < 4.78 is 0. The minimum atomic E-state index is -0.199. The number of hydrogen-bond acceptors (Lipinski definition) is 3. The van der Waals surface area contributed by atoms with E-state index in [2.05, 4.69) is 17.6 Å². The van der Waals surface area contributed by atoms with Gasteiger partial charge in [-0.2, -0.15) is 0 Å². The van der Waals surface area contributed by atoms with Crippen LogP contribution in [0.1, 0.15) is 30.1 Å². The van der Waals surface area contributed by atoms with Crippen LogP contribution in [0.15, 0.2) is 42.5 Å². The van der Waals surface area contributed by atoms with Crippen LogP contribution in [-0.4, -0.2) is 36.3 Å². The van der Waals surface area contributed by atoms with Gasteiger partial charge < -0.3 is 15.5 Å². The van der Waals surface area contributed by atoms with Gasteiger partial charge in [0.2, 0.25) is 5.91 Å². The molecule has 0 radical (unpaired) electrons. The normalized spacial score (nSPS) is 14.6. The van der Waals surface area contributed by atoms with E-state index in [1.54, 1.807) is 42.5 Å². The maximum Gasteiger partial charge on any atom is 0.253 e. The topological polar surface area (TPSA) is 61.4 Å². The SMILES string of the molecule is CC1CCN(C(=O)c2ccc(NC(=O)CNc3ccc(Cl)c(Cl)c3)cc2)CC1. The summed E-state index contributed by atoms with van der Waals surface area (Å²) in [7, 11) is 0. The second-order valence-electron chi connectivity index (χ2n) is 7.08. The molecule has 5 nitrogen and oxygen atoms in total. The average Bonchev–Trinajstić information content (AvgIpc) is 2.69. The fourth-order valence-electron chi connectivity index (χ4n) is 3.08. The van der Waals surface area contributed by atoms with Crippen molar-refractivity contribution in [2.24, 2.45) is 5.92 Å². The van der Waals surface area contributed by atoms with Crippen LogP contribution >= 0.6 is 23.2 Å². The maximum absolute atomic E-state index is 12.6. The number of nitrogens with zero attached hydrogens (tertiary/aromatic N) is 1. The van der Waals surface area contributed by atoms with E-state index in [1.165, 1.54) is 0 Å². The highest BCUT2D eigenvalue weighted by atomic mass is 35.5. The number of benzene rings is 2. The lowest BCUT2D eigenvalue weighted by Crippen LogP contribution is -2.37. The first-order valence-corrected chi connectivity index (χ1v) is 10.1. The molecule has 0 aromatic heterocycles. The Morgan fingerprint density at radius 2 is 1.64 bits per heavy atom. The molecule has 2 aromatic rings. The molecule has 2 N–H and O–H groups in total. The summed E-state index contributed by atoms with van der Waals surface area (Å²) in [5.41, 5.74) is 1.99. The van der Waals surface area contributed by atoms with Crippen LogP contribution in [0.3, 0.4) is 0 Å². The van der Waals surface area contributed by atoms with Gasteiger partial charge in [0.25, 0.3) is 5.91 Å². The minimum absolute atomic E-state index is 0.0473. The molecule has 148 valence electrons. The summed E-state index contributed by atoms with van der Waals surface area (Å²) in [6.45, 7) is 3.91. The van der Waals surface area contributed by atoms with Gasteiger partial charge in [0.1, 0.15) is 0 Å². The van der Waals surface area contributed by atoms with Crippen molar-refractivity contribution in [3.05, 3.63) is 58.1 Å². The van der Waals surface area contributed by atoms with E-state index >= 15 is 0 Å². The molecule has 0 spiro atoms. The van der Waals surface area contributed by atoms with Crippen molar-refractivity contribution < 1.29 is 9.59 Å². The molecule has 3 rings (SSSR count). The quantitative estimate of drug-likeness (QED) is 0.722. The van der Waals surface area contributed by atoms with Crippen molar-refractivity contribution in [1.82, 2.24) is 4.90 Å². The fraction of sp³-hybridized carbons (Fsp3) is 0.333. The van der Waals surface area contributed by atoms with Gasteiger partial charge in [-0.3, -0.25) is 9.59 Å². The fourth-order valence-corrected chi connectivity index (χ4v) is 3.38. The van der Waals surface area contributed by atoms with Crippen LogP contribution in [0.25, 0.3) is 0 Å². The largest absolute Gasteiger partial charge is 0.376 e. The Labute approximate surface area is 175 Å². The number of nitrogens with one attached hydrogen (secondary N) is 2. The van der Waals surface area contributed by atoms with Crippen molar-refractivity contribution in [2.45, 2.75) is 19.8 Å². The van der Waals surface area contributed by atoms with E-state index in [0.717, 1.165) is 25.9 Å². The number of likely N-dealkylation sites (tertiary alicyclic amines) is 1. The van der Waals surface area contributed by atoms with Crippen LogP contribution in [0, 0.1) is 5.92 Å². The van der Waals surface area contributed by atoms with Crippen LogP contribution < -0.4 is 10.6 Å². The highest BCUT2D eigenvalue weighted by Gasteiger charge is 2.21. The number of halogens is 2. The number of hydrogen-bond donors (Lipinski definition) is 2. The zero-order valence-corrected chi connectivity index (χ0v) is 17.2. The Bertz CT molecular complexity index is 847. The highest BCUT2D eigenvalue weighted by molar-refractivity contribution is 6.42. The maximum atomic E-state index is 12.6. The van der Waals surface area contributed by atoms with Gasteiger partial charge in [-0.15, -0.1) is 0 Å². The number of carbonyl (C=O) groups excluding carboxylic acids is 2. The van der Waals surface area contributed by atoms with E-state index in [1.807, 2.05) is 4.90 Å². The van der Waals surface area contributed by atoms with Crippen molar-refractivity contribution >= 4 is 46.4 Å².